The van der Waals surface area contributed by atoms with E-state index in [0.717, 1.165) is 24.5 Å². The summed E-state index contributed by atoms with van der Waals surface area (Å²) in [6.45, 7) is 3.53. The lowest BCUT2D eigenvalue weighted by Gasteiger charge is -2.18. The molecule has 4 rings (SSSR count). The van der Waals surface area contributed by atoms with Crippen LogP contribution in [-0.4, -0.2) is 39.6 Å². The van der Waals surface area contributed by atoms with Crippen LogP contribution in [0, 0.1) is 24.5 Å². The molecule has 0 aliphatic carbocycles. The number of rotatable bonds is 9. The number of hydrogen-bond donors (Lipinski definition) is 3. The quantitative estimate of drug-likeness (QED) is 0.208. The molecule has 3 N–H and O–H groups in total. The highest BCUT2D eigenvalue weighted by molar-refractivity contribution is 6.00. The minimum absolute atomic E-state index is 0.0245. The number of amides is 1. The minimum Gasteiger partial charge on any atom is -0.494 e. The fourth-order valence-electron chi connectivity index (χ4n) is 3.47. The average molecular weight is 525 g/mol. The van der Waals surface area contributed by atoms with Gasteiger partial charge in [0.25, 0.3) is 5.91 Å². The zero-order chi connectivity index (χ0) is 27.2. The van der Waals surface area contributed by atoms with Crippen LogP contribution in [0.15, 0.2) is 48.9 Å². The molecule has 3 aromatic heterocycles. The van der Waals surface area contributed by atoms with Gasteiger partial charge in [-0.3, -0.25) is 9.63 Å². The van der Waals surface area contributed by atoms with Crippen molar-refractivity contribution >= 4 is 28.8 Å². The molecule has 196 valence electrons. The van der Waals surface area contributed by atoms with E-state index < -0.39 is 23.5 Å². The monoisotopic (exact) mass is 525 g/mol. The molecular formula is C25H22F3N7O3. The number of nitrogens with one attached hydrogen (secondary N) is 3. The SMILES string of the molecule is CCONC(=O)c1cnc(Nc2ccc(F)nc2C)cc1Nc1cc(F)cc(-c2ncc(F)cn2)c1OC. The molecule has 0 spiro atoms. The topological polar surface area (TPSA) is 123 Å². The zero-order valence-electron chi connectivity index (χ0n) is 20.5. The summed E-state index contributed by atoms with van der Waals surface area (Å²) in [5.74, 6) is -2.14. The van der Waals surface area contributed by atoms with Crippen LogP contribution in [0.1, 0.15) is 23.0 Å². The van der Waals surface area contributed by atoms with Crippen molar-refractivity contribution < 1.29 is 27.5 Å². The molecule has 0 fully saturated rings. The second-order valence-electron chi connectivity index (χ2n) is 7.76. The molecule has 1 aromatic carbocycles. The van der Waals surface area contributed by atoms with Crippen molar-refractivity contribution in [3.8, 4) is 17.1 Å². The number of hydroxylamine groups is 1. The summed E-state index contributed by atoms with van der Waals surface area (Å²) in [7, 11) is 1.36. The zero-order valence-corrected chi connectivity index (χ0v) is 20.5. The van der Waals surface area contributed by atoms with E-state index in [1.807, 2.05) is 0 Å². The van der Waals surface area contributed by atoms with E-state index in [1.165, 1.54) is 31.5 Å². The van der Waals surface area contributed by atoms with Crippen molar-refractivity contribution in [2.24, 2.45) is 0 Å². The average Bonchev–Trinajstić information content (AvgIpc) is 2.89. The molecule has 0 saturated heterocycles. The summed E-state index contributed by atoms with van der Waals surface area (Å²) in [5.41, 5.74) is 3.68. The highest BCUT2D eigenvalue weighted by Crippen LogP contribution is 2.38. The van der Waals surface area contributed by atoms with Gasteiger partial charge in [-0.15, -0.1) is 0 Å². The number of carbonyl (C=O) groups is 1. The molecule has 38 heavy (non-hydrogen) atoms. The van der Waals surface area contributed by atoms with Gasteiger partial charge in [-0.2, -0.15) is 4.39 Å². The summed E-state index contributed by atoms with van der Waals surface area (Å²) in [6, 6.07) is 6.46. The molecule has 1 amide bonds. The molecular weight excluding hydrogens is 503 g/mol. The highest BCUT2D eigenvalue weighted by Gasteiger charge is 2.20. The number of ether oxygens (including phenoxy) is 1. The second kappa shape index (κ2) is 11.5. The van der Waals surface area contributed by atoms with Crippen LogP contribution >= 0.6 is 0 Å². The van der Waals surface area contributed by atoms with Gasteiger partial charge in [0.1, 0.15) is 11.6 Å². The molecule has 3 heterocycles. The molecule has 4 aromatic rings. The van der Waals surface area contributed by atoms with E-state index >= 15 is 0 Å². The van der Waals surface area contributed by atoms with Gasteiger partial charge in [0, 0.05) is 18.3 Å². The molecule has 0 aliphatic heterocycles. The molecule has 0 aliphatic rings. The summed E-state index contributed by atoms with van der Waals surface area (Å²) in [6.07, 6.45) is 3.17. The van der Waals surface area contributed by atoms with Gasteiger partial charge < -0.3 is 15.4 Å². The van der Waals surface area contributed by atoms with Crippen molar-refractivity contribution in [3.63, 3.8) is 0 Å². The lowest BCUT2D eigenvalue weighted by molar-refractivity contribution is 0.0365. The number of anilines is 4. The van der Waals surface area contributed by atoms with Crippen LogP contribution in [0.4, 0.5) is 36.1 Å². The van der Waals surface area contributed by atoms with Crippen molar-refractivity contribution in [1.29, 1.82) is 0 Å². The fraction of sp³-hybridized carbons (Fsp3) is 0.160. The molecule has 10 nitrogen and oxygen atoms in total. The van der Waals surface area contributed by atoms with Crippen molar-refractivity contribution in [1.82, 2.24) is 25.4 Å². The van der Waals surface area contributed by atoms with E-state index in [4.69, 9.17) is 9.57 Å². The Labute approximate surface area is 215 Å². The van der Waals surface area contributed by atoms with Crippen LogP contribution in [0.5, 0.6) is 5.75 Å². The van der Waals surface area contributed by atoms with Gasteiger partial charge in [0.15, 0.2) is 17.4 Å². The Bertz CT molecular complexity index is 1470. The summed E-state index contributed by atoms with van der Waals surface area (Å²) < 4.78 is 47.0. The third-order valence-electron chi connectivity index (χ3n) is 5.16. The lowest BCUT2D eigenvalue weighted by Crippen LogP contribution is -2.24. The predicted octanol–water partition coefficient (Wildman–Crippen LogP) is 4.84. The van der Waals surface area contributed by atoms with Crippen LogP contribution in [-0.2, 0) is 4.84 Å². The summed E-state index contributed by atoms with van der Waals surface area (Å²) in [4.78, 5) is 33.6. The first-order valence-corrected chi connectivity index (χ1v) is 11.2. The number of hydrogen-bond acceptors (Lipinski definition) is 9. The van der Waals surface area contributed by atoms with Crippen molar-refractivity contribution in [3.05, 3.63) is 77.8 Å². The molecule has 0 unspecified atom stereocenters. The molecule has 0 bridgehead atoms. The van der Waals surface area contributed by atoms with Crippen molar-refractivity contribution in [2.45, 2.75) is 13.8 Å². The maximum Gasteiger partial charge on any atom is 0.278 e. The van der Waals surface area contributed by atoms with Gasteiger partial charge in [-0.25, -0.2) is 34.2 Å². The second-order valence-corrected chi connectivity index (χ2v) is 7.76. The number of methoxy groups -OCH3 is 1. The van der Waals surface area contributed by atoms with E-state index in [9.17, 15) is 18.0 Å². The first kappa shape index (κ1) is 26.3. The highest BCUT2D eigenvalue weighted by atomic mass is 19.1. The molecule has 13 heteroatoms. The van der Waals surface area contributed by atoms with Crippen LogP contribution in [0.25, 0.3) is 11.4 Å². The Hall–Kier alpha value is -4.78. The number of nitrogens with zero attached hydrogens (tertiary/aromatic N) is 4. The normalized spacial score (nSPS) is 10.7. The fourth-order valence-corrected chi connectivity index (χ4v) is 3.47. The predicted molar refractivity (Wildman–Crippen MR) is 133 cm³/mol. The maximum atomic E-state index is 14.7. The third kappa shape index (κ3) is 5.95. The largest absolute Gasteiger partial charge is 0.494 e. The summed E-state index contributed by atoms with van der Waals surface area (Å²) >= 11 is 0. The number of carbonyl (C=O) groups excluding carboxylic acids is 1. The maximum absolute atomic E-state index is 14.7. The molecule has 0 radical (unpaired) electrons. The van der Waals surface area contributed by atoms with Gasteiger partial charge >= 0.3 is 0 Å². The Morgan fingerprint density at radius 3 is 2.37 bits per heavy atom. The number of halogens is 3. The van der Waals surface area contributed by atoms with Crippen molar-refractivity contribution in [2.75, 3.05) is 24.4 Å². The summed E-state index contributed by atoms with van der Waals surface area (Å²) in [5, 5.41) is 6.01. The number of benzene rings is 1. The first-order valence-electron chi connectivity index (χ1n) is 11.2. The minimum atomic E-state index is -0.669. The smallest absolute Gasteiger partial charge is 0.278 e. The van der Waals surface area contributed by atoms with Gasteiger partial charge in [-0.05, 0) is 32.0 Å². The van der Waals surface area contributed by atoms with Crippen LogP contribution < -0.4 is 20.9 Å². The lowest BCUT2D eigenvalue weighted by atomic mass is 10.1. The number of aromatic nitrogens is 4. The van der Waals surface area contributed by atoms with Gasteiger partial charge in [0.2, 0.25) is 5.95 Å². The van der Waals surface area contributed by atoms with Gasteiger partial charge in [0.05, 0.1) is 60.0 Å². The van der Waals surface area contributed by atoms with E-state index in [0.29, 0.717) is 11.4 Å². The Balaban J connectivity index is 1.77. The number of aryl methyl sites for hydroxylation is 1. The van der Waals surface area contributed by atoms with Crippen LogP contribution in [0.3, 0.4) is 0 Å². The van der Waals surface area contributed by atoms with Crippen LogP contribution in [0.2, 0.25) is 0 Å². The molecule has 0 atom stereocenters. The Morgan fingerprint density at radius 2 is 1.68 bits per heavy atom. The van der Waals surface area contributed by atoms with E-state index in [2.05, 4.69) is 36.0 Å². The van der Waals surface area contributed by atoms with E-state index in [-0.39, 0.29) is 46.5 Å². The van der Waals surface area contributed by atoms with E-state index in [1.54, 1.807) is 13.8 Å². The standard InChI is InChI=1S/C25H22F3N7O3/c1-4-38-35-25(36)17-12-29-22(34-18-5-6-21(28)32-13(18)2)9-19(17)33-20-8-14(26)7-16(23(20)37-3)24-30-10-15(27)11-31-24/h5-12H,4H2,1-3H3,(H,35,36)(H2,29,33,34). The Morgan fingerprint density at radius 1 is 0.921 bits per heavy atom. The molecule has 0 saturated carbocycles. The van der Waals surface area contributed by atoms with Gasteiger partial charge in [-0.1, -0.05) is 0 Å². The third-order valence-corrected chi connectivity index (χ3v) is 5.16. The first-order chi connectivity index (χ1) is 18.3. The number of pyridine rings is 2. The Kier molecular flexibility index (Phi) is 7.97.